The van der Waals surface area contributed by atoms with Crippen LogP contribution in [0.4, 0.5) is 0 Å². The highest BCUT2D eigenvalue weighted by Crippen LogP contribution is 2.27. The Hall–Kier alpha value is -2.67. The summed E-state index contributed by atoms with van der Waals surface area (Å²) >= 11 is 1.67. The maximum Gasteiger partial charge on any atom is 0.414 e. The minimum Gasteiger partial charge on any atom is -0.497 e. The van der Waals surface area contributed by atoms with Crippen LogP contribution in [0.1, 0.15) is 12.8 Å². The number of hydrogen-bond donors (Lipinski definition) is 4. The van der Waals surface area contributed by atoms with E-state index in [4.69, 9.17) is 34.4 Å². The molecular weight excluding hydrogens is 440 g/mol. The van der Waals surface area contributed by atoms with Crippen LogP contribution in [-0.2, 0) is 20.9 Å². The van der Waals surface area contributed by atoms with Crippen molar-refractivity contribution >= 4 is 23.7 Å². The lowest BCUT2D eigenvalue weighted by Gasteiger charge is -2.15. The fourth-order valence-electron chi connectivity index (χ4n) is 2.92. The zero-order chi connectivity index (χ0) is 23.3. The summed E-state index contributed by atoms with van der Waals surface area (Å²) in [6.07, 6.45) is 2.40. The molecule has 1 fully saturated rings. The Kier molecular flexibility index (Phi) is 10.9. The highest BCUT2D eigenvalue weighted by Gasteiger charge is 2.21. The van der Waals surface area contributed by atoms with Crippen molar-refractivity contribution in [3.8, 4) is 17.1 Å². The summed E-state index contributed by atoms with van der Waals surface area (Å²) in [7, 11) is 1.66. The first-order chi connectivity index (χ1) is 15.5. The molecule has 1 saturated heterocycles. The molecule has 2 aromatic rings. The van der Waals surface area contributed by atoms with E-state index in [1.807, 2.05) is 24.3 Å². The molecule has 1 atom stereocenters. The van der Waals surface area contributed by atoms with Gasteiger partial charge in [-0.05, 0) is 37.1 Å². The van der Waals surface area contributed by atoms with Crippen molar-refractivity contribution in [2.24, 2.45) is 0 Å². The molecule has 0 saturated carbocycles. The minimum atomic E-state index is -1.82. The molecular formula is C20H28N4O7S. The van der Waals surface area contributed by atoms with Crippen molar-refractivity contribution in [1.29, 1.82) is 0 Å². The third kappa shape index (κ3) is 8.11. The molecule has 1 aliphatic rings. The number of benzene rings is 1. The van der Waals surface area contributed by atoms with Gasteiger partial charge in [0.25, 0.3) is 0 Å². The van der Waals surface area contributed by atoms with E-state index in [0.29, 0.717) is 6.54 Å². The Bertz CT molecular complexity index is 842. The number of hydrogen-bond acceptors (Lipinski definition) is 9. The van der Waals surface area contributed by atoms with Gasteiger partial charge < -0.3 is 30.1 Å². The Morgan fingerprint density at radius 2 is 1.94 bits per heavy atom. The van der Waals surface area contributed by atoms with Gasteiger partial charge in [0.05, 0.1) is 26.4 Å². The largest absolute Gasteiger partial charge is 0.497 e. The van der Waals surface area contributed by atoms with E-state index < -0.39 is 11.9 Å². The topological polar surface area (TPSA) is 156 Å². The molecule has 0 radical (unpaired) electrons. The van der Waals surface area contributed by atoms with Crippen LogP contribution in [0.15, 0.2) is 29.4 Å². The lowest BCUT2D eigenvalue weighted by atomic mass is 10.2. The first-order valence-corrected chi connectivity index (χ1v) is 11.0. The number of carboxylic acid groups (broad SMARTS) is 2. The predicted octanol–water partition coefficient (Wildman–Crippen LogP) is 0.962. The molecule has 3 rings (SSSR count). The van der Waals surface area contributed by atoms with Gasteiger partial charge in [-0.3, -0.25) is 4.57 Å². The summed E-state index contributed by atoms with van der Waals surface area (Å²) in [5, 5.41) is 36.5. The number of rotatable bonds is 10. The van der Waals surface area contributed by atoms with Crippen molar-refractivity contribution in [3.63, 3.8) is 0 Å². The number of methoxy groups -OCH3 is 1. The van der Waals surface area contributed by atoms with Gasteiger partial charge in [0.15, 0.2) is 11.0 Å². The number of thioether (sulfide) groups is 1. The van der Waals surface area contributed by atoms with Gasteiger partial charge in [-0.25, -0.2) is 9.59 Å². The maximum atomic E-state index is 9.10. The van der Waals surface area contributed by atoms with Crippen molar-refractivity contribution in [1.82, 2.24) is 20.1 Å². The number of ether oxygens (including phenoxy) is 2. The van der Waals surface area contributed by atoms with Crippen LogP contribution in [-0.4, -0.2) is 87.3 Å². The fraction of sp³-hybridized carbons (Fsp3) is 0.500. The standard InChI is InChI=1S/C18H26N4O3S.C2H2O4/c1-24-15-6-4-14(5-7-15)17-20-21-18(26-12-9-19-8-10-23)22(17)13-16-3-2-11-25-16;3-1(4)2(5)6/h4-7,16,19,23H,2-3,8-13H2,1H3;(H,3,4)(H,5,6). The Labute approximate surface area is 189 Å². The van der Waals surface area contributed by atoms with E-state index in [1.165, 1.54) is 0 Å². The number of aliphatic hydroxyl groups excluding tert-OH is 1. The van der Waals surface area contributed by atoms with E-state index >= 15 is 0 Å². The molecule has 1 aliphatic heterocycles. The number of carbonyl (C=O) groups is 2. The van der Waals surface area contributed by atoms with Crippen molar-refractivity contribution in [2.75, 3.05) is 39.2 Å². The van der Waals surface area contributed by atoms with E-state index in [-0.39, 0.29) is 12.7 Å². The summed E-state index contributed by atoms with van der Waals surface area (Å²) in [5.74, 6) is -1.10. The molecule has 0 aliphatic carbocycles. The Balaban J connectivity index is 0.000000534. The van der Waals surface area contributed by atoms with Crippen LogP contribution in [0, 0.1) is 0 Å². The molecule has 1 aromatic heterocycles. The second-order valence-electron chi connectivity index (χ2n) is 6.71. The smallest absolute Gasteiger partial charge is 0.414 e. The second kappa shape index (κ2) is 13.7. The molecule has 1 aromatic carbocycles. The van der Waals surface area contributed by atoms with Crippen LogP contribution < -0.4 is 10.1 Å². The normalized spacial score (nSPS) is 15.1. The van der Waals surface area contributed by atoms with Gasteiger partial charge in [-0.2, -0.15) is 0 Å². The zero-order valence-electron chi connectivity index (χ0n) is 17.8. The quantitative estimate of drug-likeness (QED) is 0.224. The van der Waals surface area contributed by atoms with Crippen molar-refractivity contribution in [3.05, 3.63) is 24.3 Å². The summed E-state index contributed by atoms with van der Waals surface area (Å²) in [6.45, 7) is 3.18. The van der Waals surface area contributed by atoms with E-state index in [1.54, 1.807) is 18.9 Å². The van der Waals surface area contributed by atoms with Gasteiger partial charge in [-0.1, -0.05) is 11.8 Å². The first-order valence-electron chi connectivity index (χ1n) is 10.1. The summed E-state index contributed by atoms with van der Waals surface area (Å²) in [4.78, 5) is 18.2. The average molecular weight is 469 g/mol. The second-order valence-corrected chi connectivity index (χ2v) is 7.77. The molecule has 32 heavy (non-hydrogen) atoms. The number of nitrogens with zero attached hydrogens (tertiary/aromatic N) is 3. The maximum absolute atomic E-state index is 9.10. The van der Waals surface area contributed by atoms with Gasteiger partial charge >= 0.3 is 11.9 Å². The summed E-state index contributed by atoms with van der Waals surface area (Å²) < 4.78 is 13.2. The number of aliphatic carboxylic acids is 2. The molecule has 0 spiro atoms. The zero-order valence-corrected chi connectivity index (χ0v) is 18.6. The van der Waals surface area contributed by atoms with Gasteiger partial charge in [0, 0.05) is 31.0 Å². The van der Waals surface area contributed by atoms with E-state index in [9.17, 15) is 0 Å². The van der Waals surface area contributed by atoms with E-state index in [2.05, 4.69) is 20.1 Å². The average Bonchev–Trinajstić information content (AvgIpc) is 3.45. The van der Waals surface area contributed by atoms with Crippen LogP contribution in [0.25, 0.3) is 11.4 Å². The molecule has 1 unspecified atom stereocenters. The van der Waals surface area contributed by atoms with Crippen molar-refractivity contribution in [2.45, 2.75) is 30.6 Å². The lowest BCUT2D eigenvalue weighted by Crippen LogP contribution is -2.21. The SMILES string of the molecule is COc1ccc(-c2nnc(SCCNCCO)n2CC2CCCO2)cc1.O=C(O)C(=O)O. The highest BCUT2D eigenvalue weighted by atomic mass is 32.2. The monoisotopic (exact) mass is 468 g/mol. The van der Waals surface area contributed by atoms with E-state index in [0.717, 1.165) is 60.6 Å². The van der Waals surface area contributed by atoms with Crippen LogP contribution >= 0.6 is 11.8 Å². The first kappa shape index (κ1) is 25.6. The molecule has 176 valence electrons. The minimum absolute atomic E-state index is 0.154. The van der Waals surface area contributed by atoms with Crippen LogP contribution in [0.5, 0.6) is 5.75 Å². The molecule has 0 bridgehead atoms. The summed E-state index contributed by atoms with van der Waals surface area (Å²) in [5.41, 5.74) is 1.02. The third-order valence-electron chi connectivity index (χ3n) is 4.46. The predicted molar refractivity (Wildman–Crippen MR) is 117 cm³/mol. The Morgan fingerprint density at radius 3 is 2.50 bits per heavy atom. The number of aromatic nitrogens is 3. The molecule has 12 heteroatoms. The lowest BCUT2D eigenvalue weighted by molar-refractivity contribution is -0.159. The van der Waals surface area contributed by atoms with Gasteiger partial charge in [0.2, 0.25) is 0 Å². The third-order valence-corrected chi connectivity index (χ3v) is 5.43. The fourth-order valence-corrected chi connectivity index (χ4v) is 3.77. The molecule has 2 heterocycles. The number of aliphatic hydroxyl groups is 1. The molecule has 0 amide bonds. The highest BCUT2D eigenvalue weighted by molar-refractivity contribution is 7.99. The van der Waals surface area contributed by atoms with Crippen LogP contribution in [0.3, 0.4) is 0 Å². The number of carboxylic acids is 2. The molecule has 11 nitrogen and oxygen atoms in total. The Morgan fingerprint density at radius 1 is 1.22 bits per heavy atom. The summed E-state index contributed by atoms with van der Waals surface area (Å²) in [6, 6.07) is 7.89. The van der Waals surface area contributed by atoms with Gasteiger partial charge in [0.1, 0.15) is 5.75 Å². The molecule has 4 N–H and O–H groups in total. The van der Waals surface area contributed by atoms with Crippen molar-refractivity contribution < 1.29 is 34.4 Å². The van der Waals surface area contributed by atoms with Crippen LogP contribution in [0.2, 0.25) is 0 Å². The number of nitrogens with one attached hydrogen (secondary N) is 1. The van der Waals surface area contributed by atoms with Gasteiger partial charge in [-0.15, -0.1) is 10.2 Å².